The third-order valence-electron chi connectivity index (χ3n) is 4.61. The second-order valence-corrected chi connectivity index (χ2v) is 7.05. The van der Waals surface area contributed by atoms with Crippen molar-refractivity contribution >= 4 is 34.7 Å². The topological polar surface area (TPSA) is 70.8 Å². The van der Waals surface area contributed by atoms with Gasteiger partial charge in [-0.2, -0.15) is 0 Å². The highest BCUT2D eigenvalue weighted by atomic mass is 32.1. The number of urea groups is 1. The molecule has 28 heavy (non-hydrogen) atoms. The maximum absolute atomic E-state index is 10.9. The summed E-state index contributed by atoms with van der Waals surface area (Å²) in [7, 11) is 0. The smallest absolute Gasteiger partial charge is 0.316 e. The van der Waals surface area contributed by atoms with Gasteiger partial charge < -0.3 is 25.6 Å². The van der Waals surface area contributed by atoms with Gasteiger partial charge in [0.05, 0.1) is 6.61 Å². The van der Waals surface area contributed by atoms with E-state index in [1.54, 1.807) is 12.1 Å². The first-order chi connectivity index (χ1) is 13.6. The van der Waals surface area contributed by atoms with Crippen LogP contribution in [-0.4, -0.2) is 42.3 Å². The predicted molar refractivity (Wildman–Crippen MR) is 117 cm³/mol. The van der Waals surface area contributed by atoms with E-state index in [1.807, 2.05) is 30.3 Å². The summed E-state index contributed by atoms with van der Waals surface area (Å²) >= 11 is 5.64. The van der Waals surface area contributed by atoms with Crippen LogP contribution in [0.2, 0.25) is 0 Å². The Bertz CT molecular complexity index is 800. The zero-order valence-corrected chi connectivity index (χ0v) is 16.7. The van der Waals surface area contributed by atoms with E-state index in [4.69, 9.17) is 22.7 Å². The summed E-state index contributed by atoms with van der Waals surface area (Å²) in [5.74, 6) is 0.727. The molecule has 0 unspecified atom stereocenters. The first kappa shape index (κ1) is 19.9. The van der Waals surface area contributed by atoms with Crippen molar-refractivity contribution in [2.75, 3.05) is 36.5 Å². The van der Waals surface area contributed by atoms with Crippen LogP contribution in [0.1, 0.15) is 19.3 Å². The Balaban J connectivity index is 1.33. The Kier molecular flexibility index (Phi) is 7.08. The van der Waals surface area contributed by atoms with E-state index >= 15 is 0 Å². The minimum Gasteiger partial charge on any atom is -0.494 e. The van der Waals surface area contributed by atoms with E-state index in [1.165, 1.54) is 0 Å². The Morgan fingerprint density at radius 2 is 1.89 bits per heavy atom. The molecule has 0 atom stereocenters. The quantitative estimate of drug-likeness (QED) is 0.496. The van der Waals surface area contributed by atoms with Crippen molar-refractivity contribution in [2.24, 2.45) is 5.73 Å². The summed E-state index contributed by atoms with van der Waals surface area (Å²) in [5, 5.41) is 3.46. The van der Waals surface area contributed by atoms with Gasteiger partial charge in [-0.15, -0.1) is 0 Å². The highest BCUT2D eigenvalue weighted by Gasteiger charge is 2.25. The number of nitrogens with zero attached hydrogens (tertiary/aromatic N) is 2. The molecule has 1 aliphatic heterocycles. The van der Waals surface area contributed by atoms with E-state index in [2.05, 4.69) is 27.2 Å². The molecule has 0 aliphatic carbocycles. The fourth-order valence-corrected chi connectivity index (χ4v) is 3.59. The summed E-state index contributed by atoms with van der Waals surface area (Å²) < 4.78 is 5.76. The second kappa shape index (κ2) is 9.94. The van der Waals surface area contributed by atoms with Gasteiger partial charge in [0.15, 0.2) is 5.11 Å². The number of ether oxygens (including phenoxy) is 1. The first-order valence-electron chi connectivity index (χ1n) is 9.54. The number of hydrogen-bond donors (Lipinski definition) is 2. The summed E-state index contributed by atoms with van der Waals surface area (Å²) in [6, 6.07) is 17.0. The van der Waals surface area contributed by atoms with E-state index in [9.17, 15) is 4.79 Å². The molecule has 3 rings (SSSR count). The van der Waals surface area contributed by atoms with Gasteiger partial charge >= 0.3 is 6.03 Å². The molecule has 148 valence electrons. The van der Waals surface area contributed by atoms with Crippen LogP contribution >= 0.6 is 12.2 Å². The first-order valence-corrected chi connectivity index (χ1v) is 9.95. The van der Waals surface area contributed by atoms with E-state index in [-0.39, 0.29) is 0 Å². The number of hydrogen-bond acceptors (Lipinski definition) is 3. The molecule has 2 aromatic carbocycles. The molecule has 0 radical (unpaired) electrons. The SMILES string of the molecule is NC(=O)Nc1cccc(OCCCCCN2CCN(c3ccccc3)C2=S)c1. The maximum Gasteiger partial charge on any atom is 0.316 e. The zero-order valence-electron chi connectivity index (χ0n) is 15.8. The lowest BCUT2D eigenvalue weighted by molar-refractivity contribution is 0.259. The van der Waals surface area contributed by atoms with Crippen molar-refractivity contribution in [1.82, 2.24) is 4.90 Å². The van der Waals surface area contributed by atoms with Crippen LogP contribution in [0.3, 0.4) is 0 Å². The van der Waals surface area contributed by atoms with E-state index in [0.717, 1.165) is 55.4 Å². The lowest BCUT2D eigenvalue weighted by Crippen LogP contribution is -2.32. The molecule has 6 nitrogen and oxygen atoms in total. The molecular formula is C21H26N4O2S. The third-order valence-corrected chi connectivity index (χ3v) is 5.08. The minimum atomic E-state index is -0.581. The Morgan fingerprint density at radius 1 is 1.07 bits per heavy atom. The number of primary amides is 1. The number of carbonyl (C=O) groups excluding carboxylic acids is 1. The number of anilines is 2. The van der Waals surface area contributed by atoms with Gasteiger partial charge in [-0.25, -0.2) is 4.79 Å². The molecule has 1 aliphatic rings. The van der Waals surface area contributed by atoms with Crippen molar-refractivity contribution in [2.45, 2.75) is 19.3 Å². The number of benzene rings is 2. The van der Waals surface area contributed by atoms with Crippen molar-refractivity contribution in [3.63, 3.8) is 0 Å². The lowest BCUT2D eigenvalue weighted by Gasteiger charge is -2.22. The number of amides is 2. The number of unbranched alkanes of at least 4 members (excludes halogenated alkanes) is 2. The van der Waals surface area contributed by atoms with Crippen LogP contribution in [0.15, 0.2) is 54.6 Å². The molecule has 1 heterocycles. The predicted octanol–water partition coefficient (Wildman–Crippen LogP) is 3.83. The molecule has 1 fully saturated rings. The molecule has 7 heteroatoms. The number of rotatable bonds is 9. The van der Waals surface area contributed by atoms with Gasteiger partial charge in [0.1, 0.15) is 5.75 Å². The normalized spacial score (nSPS) is 13.6. The molecule has 2 amide bonds. The second-order valence-electron chi connectivity index (χ2n) is 6.68. The summed E-state index contributed by atoms with van der Waals surface area (Å²) in [6.07, 6.45) is 3.12. The van der Waals surface area contributed by atoms with Crippen molar-refractivity contribution < 1.29 is 9.53 Å². The van der Waals surface area contributed by atoms with E-state index in [0.29, 0.717) is 12.3 Å². The van der Waals surface area contributed by atoms with Crippen molar-refractivity contribution in [3.05, 3.63) is 54.6 Å². The van der Waals surface area contributed by atoms with Gasteiger partial charge in [0, 0.05) is 37.1 Å². The van der Waals surface area contributed by atoms with Crippen LogP contribution in [0, 0.1) is 0 Å². The molecule has 0 saturated carbocycles. The number of nitrogens with two attached hydrogens (primary N) is 1. The van der Waals surface area contributed by atoms with Gasteiger partial charge in [0.25, 0.3) is 0 Å². The Labute approximate surface area is 171 Å². The van der Waals surface area contributed by atoms with Gasteiger partial charge in [-0.1, -0.05) is 24.3 Å². The largest absolute Gasteiger partial charge is 0.494 e. The average Bonchev–Trinajstić information content (AvgIpc) is 3.05. The van der Waals surface area contributed by atoms with Crippen LogP contribution in [0.5, 0.6) is 5.75 Å². The van der Waals surface area contributed by atoms with Crippen LogP contribution in [0.4, 0.5) is 16.2 Å². The fourth-order valence-electron chi connectivity index (χ4n) is 3.22. The fraction of sp³-hybridized carbons (Fsp3) is 0.333. The third kappa shape index (κ3) is 5.60. The zero-order chi connectivity index (χ0) is 19.8. The van der Waals surface area contributed by atoms with Crippen molar-refractivity contribution in [3.8, 4) is 5.75 Å². The van der Waals surface area contributed by atoms with Crippen LogP contribution in [-0.2, 0) is 0 Å². The number of para-hydroxylation sites is 1. The average molecular weight is 399 g/mol. The summed E-state index contributed by atoms with van der Waals surface area (Å²) in [4.78, 5) is 15.4. The molecular weight excluding hydrogens is 372 g/mol. The van der Waals surface area contributed by atoms with Gasteiger partial charge in [-0.3, -0.25) is 0 Å². The summed E-state index contributed by atoms with van der Waals surface area (Å²) in [5.41, 5.74) is 6.92. The number of nitrogens with one attached hydrogen (secondary N) is 1. The summed E-state index contributed by atoms with van der Waals surface area (Å²) in [6.45, 7) is 3.53. The van der Waals surface area contributed by atoms with Crippen LogP contribution in [0.25, 0.3) is 0 Å². The number of carbonyl (C=O) groups is 1. The molecule has 0 spiro atoms. The molecule has 0 aromatic heterocycles. The highest BCUT2D eigenvalue weighted by molar-refractivity contribution is 7.80. The Morgan fingerprint density at radius 3 is 2.68 bits per heavy atom. The lowest BCUT2D eigenvalue weighted by atomic mass is 10.2. The highest BCUT2D eigenvalue weighted by Crippen LogP contribution is 2.21. The monoisotopic (exact) mass is 398 g/mol. The number of thiocarbonyl (C=S) groups is 1. The standard InChI is InChI=1S/C21H26N4O2S/c22-20(26)23-17-8-7-11-19(16-17)27-15-6-2-5-12-24-13-14-25(21(24)28)18-9-3-1-4-10-18/h1,3-4,7-11,16H,2,5-6,12-15H2,(H3,22,23,26). The Hall–Kier alpha value is -2.80. The van der Waals surface area contributed by atoms with Gasteiger partial charge in [0.2, 0.25) is 0 Å². The molecule has 3 N–H and O–H groups in total. The molecule has 0 bridgehead atoms. The van der Waals surface area contributed by atoms with Gasteiger partial charge in [-0.05, 0) is 55.7 Å². The maximum atomic E-state index is 10.9. The van der Waals surface area contributed by atoms with Crippen LogP contribution < -0.4 is 20.7 Å². The van der Waals surface area contributed by atoms with Crippen molar-refractivity contribution in [1.29, 1.82) is 0 Å². The molecule has 2 aromatic rings. The molecule has 1 saturated heterocycles. The minimum absolute atomic E-state index is 0.581. The van der Waals surface area contributed by atoms with E-state index < -0.39 is 6.03 Å².